The van der Waals surface area contributed by atoms with Crippen molar-refractivity contribution < 1.29 is 14.7 Å². The summed E-state index contributed by atoms with van der Waals surface area (Å²) in [6.07, 6.45) is 10.5. The number of piperidine rings is 1. The number of hydrogen-bond acceptors (Lipinski definition) is 11. The van der Waals surface area contributed by atoms with Crippen LogP contribution < -0.4 is 30.9 Å². The molecule has 2 amide bonds. The second-order valence-electron chi connectivity index (χ2n) is 18.3. The average molecular weight is 852 g/mol. The Morgan fingerprint density at radius 2 is 1.81 bits per heavy atom. The van der Waals surface area contributed by atoms with Gasteiger partial charge in [-0.15, -0.1) is 0 Å². The van der Waals surface area contributed by atoms with Crippen LogP contribution in [0.25, 0.3) is 11.3 Å². The SMILES string of the molecule is C=CC(=O)Nc1cc(Nc2nc(-c3ccnc(N4CCn5c(cc6c5CC(C)(C)C6)C4=O)c3CO)cn(C)c2=O)ccc1N1CCN(C2CCN(c3ccc(C)nc3)CC2)CC1C. The number of benzene rings is 1. The van der Waals surface area contributed by atoms with Gasteiger partial charge >= 0.3 is 0 Å². The summed E-state index contributed by atoms with van der Waals surface area (Å²) in [6, 6.07) is 14.3. The Balaban J connectivity index is 0.934. The van der Waals surface area contributed by atoms with Crippen molar-refractivity contribution in [3.63, 3.8) is 0 Å². The highest BCUT2D eigenvalue weighted by molar-refractivity contribution is 6.06. The minimum Gasteiger partial charge on any atom is -0.392 e. The number of nitrogens with zero attached hydrogens (tertiary/aromatic N) is 9. The third kappa shape index (κ3) is 8.11. The normalized spacial score (nSPS) is 18.9. The maximum absolute atomic E-state index is 14.0. The van der Waals surface area contributed by atoms with Crippen LogP contribution in [0.1, 0.15) is 66.6 Å². The minimum absolute atomic E-state index is 0.0574. The summed E-state index contributed by atoms with van der Waals surface area (Å²) in [6.45, 7) is 17.6. The van der Waals surface area contributed by atoms with Gasteiger partial charge in [-0.1, -0.05) is 20.4 Å². The number of aliphatic hydroxyl groups excluding tert-OH is 1. The summed E-state index contributed by atoms with van der Waals surface area (Å²) in [4.78, 5) is 63.4. The maximum Gasteiger partial charge on any atom is 0.293 e. The molecule has 4 aromatic heterocycles. The first kappa shape index (κ1) is 42.0. The number of aryl methyl sites for hydroxylation is 2. The molecule has 4 aliphatic rings. The molecule has 7 heterocycles. The van der Waals surface area contributed by atoms with E-state index < -0.39 is 6.61 Å². The third-order valence-electron chi connectivity index (χ3n) is 13.3. The summed E-state index contributed by atoms with van der Waals surface area (Å²) < 4.78 is 3.59. The first-order valence-electron chi connectivity index (χ1n) is 22.0. The number of fused-ring (bicyclic) bond motifs is 3. The number of aliphatic hydroxyl groups is 1. The van der Waals surface area contributed by atoms with Crippen LogP contribution in [-0.4, -0.2) is 97.3 Å². The molecule has 328 valence electrons. The van der Waals surface area contributed by atoms with Crippen molar-refractivity contribution in [2.45, 2.75) is 78.6 Å². The number of amides is 2. The summed E-state index contributed by atoms with van der Waals surface area (Å²) >= 11 is 0. The highest BCUT2D eigenvalue weighted by Crippen LogP contribution is 2.40. The molecule has 63 heavy (non-hydrogen) atoms. The smallest absolute Gasteiger partial charge is 0.293 e. The van der Waals surface area contributed by atoms with Crippen LogP contribution in [-0.2, 0) is 37.8 Å². The summed E-state index contributed by atoms with van der Waals surface area (Å²) in [5.74, 6) is -0.0741. The largest absolute Gasteiger partial charge is 0.392 e. The zero-order chi connectivity index (χ0) is 44.2. The summed E-state index contributed by atoms with van der Waals surface area (Å²) in [5, 5.41) is 17.0. The van der Waals surface area contributed by atoms with E-state index in [1.54, 1.807) is 30.4 Å². The zero-order valence-corrected chi connectivity index (χ0v) is 36.9. The molecule has 1 aliphatic carbocycles. The highest BCUT2D eigenvalue weighted by Gasteiger charge is 2.38. The Kier molecular flexibility index (Phi) is 11.2. The molecule has 0 radical (unpaired) electrons. The number of hydrogen-bond donors (Lipinski definition) is 3. The minimum atomic E-state index is -0.396. The van der Waals surface area contributed by atoms with Crippen LogP contribution in [0.15, 0.2) is 78.5 Å². The number of nitrogens with one attached hydrogen (secondary N) is 2. The van der Waals surface area contributed by atoms with Gasteiger partial charge in [-0.3, -0.25) is 29.2 Å². The molecule has 1 aromatic carbocycles. The molecule has 9 rings (SSSR count). The molecule has 2 saturated heterocycles. The second kappa shape index (κ2) is 16.8. The lowest BCUT2D eigenvalue weighted by Gasteiger charge is -2.47. The Hall–Kier alpha value is -6.32. The zero-order valence-electron chi connectivity index (χ0n) is 36.9. The molecule has 0 saturated carbocycles. The molecule has 5 aromatic rings. The number of rotatable bonds is 10. The molecule has 0 spiro atoms. The Morgan fingerprint density at radius 1 is 1.00 bits per heavy atom. The van der Waals surface area contributed by atoms with Crippen molar-refractivity contribution >= 4 is 46.2 Å². The monoisotopic (exact) mass is 851 g/mol. The van der Waals surface area contributed by atoms with E-state index in [1.807, 2.05) is 37.4 Å². The van der Waals surface area contributed by atoms with E-state index in [4.69, 9.17) is 4.98 Å². The lowest BCUT2D eigenvalue weighted by molar-refractivity contribution is -0.111. The number of carbonyl (C=O) groups excluding carboxylic acids is 2. The first-order chi connectivity index (χ1) is 30.3. The third-order valence-corrected chi connectivity index (χ3v) is 13.3. The van der Waals surface area contributed by atoms with Gasteiger partial charge in [0.15, 0.2) is 5.82 Å². The molecular weight excluding hydrogens is 795 g/mol. The molecule has 2 fully saturated rings. The van der Waals surface area contributed by atoms with Gasteiger partial charge in [0.1, 0.15) is 11.5 Å². The molecule has 3 aliphatic heterocycles. The standard InChI is InChI=1S/C48H57N11O4/c1-7-43(61)52-38-23-33(9-11-40(38)57-19-18-56(27-31(57)3)34-13-16-55(17-14-34)35-10-8-30(2)50-26-35)51-44-47(63)54(6)28-39(53-44)36-12-15-49-45(37(36)29-60)59-21-20-58-41(46(59)62)22-32-24-48(4,5)25-42(32)58/h7-12,15,22-23,26,28,31,34,60H,1,13-14,16-21,24-25,27,29H2,2-6H3,(H,51,53)(H,52,61). The van der Waals surface area contributed by atoms with Gasteiger partial charge < -0.3 is 34.7 Å². The van der Waals surface area contributed by atoms with Crippen LogP contribution >= 0.6 is 0 Å². The van der Waals surface area contributed by atoms with Crippen LogP contribution in [0.5, 0.6) is 0 Å². The fourth-order valence-electron chi connectivity index (χ4n) is 10.1. The number of aromatic nitrogens is 5. The topological polar surface area (TPSA) is 157 Å². The van der Waals surface area contributed by atoms with Crippen molar-refractivity contribution in [3.05, 3.63) is 112 Å². The Bertz CT molecular complexity index is 2640. The molecule has 1 unspecified atom stereocenters. The predicted molar refractivity (Wildman–Crippen MR) is 247 cm³/mol. The Labute approximate surface area is 368 Å². The first-order valence-corrected chi connectivity index (χ1v) is 22.0. The van der Waals surface area contributed by atoms with E-state index in [0.29, 0.717) is 58.8 Å². The second-order valence-corrected chi connectivity index (χ2v) is 18.3. The molecule has 1 atom stereocenters. The van der Waals surface area contributed by atoms with E-state index in [1.165, 1.54) is 27.6 Å². The van der Waals surface area contributed by atoms with Gasteiger partial charge in [0.05, 0.1) is 35.6 Å². The van der Waals surface area contributed by atoms with Crippen LogP contribution in [0, 0.1) is 12.3 Å². The van der Waals surface area contributed by atoms with Crippen molar-refractivity contribution in [2.24, 2.45) is 12.5 Å². The molecule has 15 nitrogen and oxygen atoms in total. The Morgan fingerprint density at radius 3 is 2.54 bits per heavy atom. The summed E-state index contributed by atoms with van der Waals surface area (Å²) in [5.41, 5.74) is 8.54. The lowest BCUT2D eigenvalue weighted by atomic mass is 9.90. The van der Waals surface area contributed by atoms with E-state index in [0.717, 1.165) is 69.8 Å². The van der Waals surface area contributed by atoms with Crippen molar-refractivity contribution in [3.8, 4) is 11.3 Å². The maximum atomic E-state index is 14.0. The molecule has 15 heteroatoms. The van der Waals surface area contributed by atoms with Gasteiger partial charge in [0, 0.05) is 106 Å². The van der Waals surface area contributed by atoms with Gasteiger partial charge in [0.25, 0.3) is 11.5 Å². The van der Waals surface area contributed by atoms with Gasteiger partial charge in [-0.25, -0.2) is 9.97 Å². The number of pyridine rings is 2. The average Bonchev–Trinajstić information content (AvgIpc) is 3.77. The predicted octanol–water partition coefficient (Wildman–Crippen LogP) is 5.67. The molecular formula is C48H57N11O4. The fourth-order valence-corrected chi connectivity index (χ4v) is 10.1. The van der Waals surface area contributed by atoms with Gasteiger partial charge in [0.2, 0.25) is 5.91 Å². The molecule has 3 N–H and O–H groups in total. The van der Waals surface area contributed by atoms with Crippen molar-refractivity contribution in [1.29, 1.82) is 0 Å². The fraction of sp³-hybridized carbons (Fsp3) is 0.417. The number of piperazine rings is 1. The van der Waals surface area contributed by atoms with E-state index in [2.05, 4.69) is 79.4 Å². The van der Waals surface area contributed by atoms with E-state index in [-0.39, 0.29) is 34.6 Å². The quantitative estimate of drug-likeness (QED) is 0.149. The van der Waals surface area contributed by atoms with Gasteiger partial charge in [-0.05, 0) is 99.0 Å². The van der Waals surface area contributed by atoms with Crippen LogP contribution in [0.2, 0.25) is 0 Å². The molecule has 0 bridgehead atoms. The van der Waals surface area contributed by atoms with E-state index >= 15 is 0 Å². The highest BCUT2D eigenvalue weighted by atomic mass is 16.3. The van der Waals surface area contributed by atoms with Crippen molar-refractivity contribution in [2.75, 3.05) is 64.6 Å². The number of carbonyl (C=O) groups is 2. The van der Waals surface area contributed by atoms with Crippen LogP contribution in [0.4, 0.5) is 34.4 Å². The number of anilines is 6. The van der Waals surface area contributed by atoms with Gasteiger partial charge in [-0.2, -0.15) is 0 Å². The van der Waals surface area contributed by atoms with Crippen LogP contribution in [0.3, 0.4) is 0 Å². The summed E-state index contributed by atoms with van der Waals surface area (Å²) in [7, 11) is 1.65. The van der Waals surface area contributed by atoms with Crippen molar-refractivity contribution in [1.82, 2.24) is 29.0 Å². The lowest BCUT2D eigenvalue weighted by Crippen LogP contribution is -2.57. The van der Waals surface area contributed by atoms with E-state index in [9.17, 15) is 19.5 Å².